The number of nitrogens with zero attached hydrogens (tertiary/aromatic N) is 1. The van der Waals surface area contributed by atoms with Crippen molar-refractivity contribution in [3.05, 3.63) is 49.1 Å². The van der Waals surface area contributed by atoms with Crippen LogP contribution in [0.25, 0.3) is 0 Å². The molecule has 0 heterocycles. The second-order valence-corrected chi connectivity index (χ2v) is 12.0. The fourth-order valence-electron chi connectivity index (χ4n) is 4.73. The van der Waals surface area contributed by atoms with Crippen LogP contribution in [0.5, 0.6) is 0 Å². The predicted molar refractivity (Wildman–Crippen MR) is 169 cm³/mol. The second kappa shape index (κ2) is 19.4. The highest BCUT2D eigenvalue weighted by atomic mass is 16.6. The van der Waals surface area contributed by atoms with E-state index in [0.29, 0.717) is 6.42 Å². The predicted octanol–water partition coefficient (Wildman–Crippen LogP) is 3.35. The zero-order valence-corrected chi connectivity index (χ0v) is 26.9. The molecule has 0 aliphatic heterocycles. The number of nitrogens with two attached hydrogens (primary N) is 1. The van der Waals surface area contributed by atoms with Crippen LogP contribution in [-0.2, 0) is 28.7 Å². The second-order valence-electron chi connectivity index (χ2n) is 12.0. The minimum Gasteiger partial charge on any atom is -0.445 e. The van der Waals surface area contributed by atoms with Crippen molar-refractivity contribution in [2.75, 3.05) is 13.2 Å². The van der Waals surface area contributed by atoms with Crippen LogP contribution in [0.2, 0.25) is 0 Å². The smallest absolute Gasteiger partial charge is 0.408 e. The van der Waals surface area contributed by atoms with Crippen molar-refractivity contribution in [2.45, 2.75) is 103 Å². The molecular formula is C32H51N5O7. The van der Waals surface area contributed by atoms with Gasteiger partial charge in [-0.25, -0.2) is 9.80 Å². The van der Waals surface area contributed by atoms with Crippen molar-refractivity contribution >= 4 is 29.7 Å². The summed E-state index contributed by atoms with van der Waals surface area (Å²) in [7, 11) is 0. The standard InChI is InChI=1S/C32H51N5O7/c1-8-10-12-15-22(3)21-43-31(42)35-28(23(4)44-32(5,6)7)30(41)34-25(20-24-16-13-11-14-17-24)29(40)36-37(27(39)9-2)19-18-26(33)38/h8-10,12,15,23-25,28H,1-2,11,13-14,16-21H2,3-7H3,(H2,33,38)(H,34,41)(H,35,42)(H,36,40)/b12-10-,22-15+/t23-,25+,28+/m1/s1. The summed E-state index contributed by atoms with van der Waals surface area (Å²) in [5.74, 6) is -2.43. The maximum Gasteiger partial charge on any atom is 0.408 e. The van der Waals surface area contributed by atoms with Gasteiger partial charge in [0.25, 0.3) is 11.8 Å². The average Bonchev–Trinajstić information content (AvgIpc) is 2.95. The third-order valence-electron chi connectivity index (χ3n) is 6.82. The SMILES string of the molecule is C=C/C=C\C=C(/C)COC(=O)N[C@H](C(=O)N[C@@H](CC1CCCCC1)C(=O)NN(CCC(N)=O)C(=O)C=C)[C@@H](C)OC(C)(C)C. The molecule has 0 saturated heterocycles. The first-order valence-corrected chi connectivity index (χ1v) is 15.1. The van der Waals surface area contributed by atoms with Gasteiger partial charge >= 0.3 is 6.09 Å². The van der Waals surface area contributed by atoms with Crippen LogP contribution in [0.15, 0.2) is 49.1 Å². The lowest BCUT2D eigenvalue weighted by atomic mass is 9.84. The van der Waals surface area contributed by atoms with Crippen LogP contribution in [-0.4, -0.2) is 71.7 Å². The summed E-state index contributed by atoms with van der Waals surface area (Å²) in [6, 6.07) is -2.27. The van der Waals surface area contributed by atoms with Crippen molar-refractivity contribution in [3.63, 3.8) is 0 Å². The fourth-order valence-corrected chi connectivity index (χ4v) is 4.73. The van der Waals surface area contributed by atoms with Gasteiger partial charge in [0, 0.05) is 6.42 Å². The molecule has 1 aliphatic rings. The molecule has 0 radical (unpaired) electrons. The lowest BCUT2D eigenvalue weighted by molar-refractivity contribution is -0.141. The van der Waals surface area contributed by atoms with E-state index in [1.54, 1.807) is 38.2 Å². The minimum absolute atomic E-state index is 0.0126. The Hall–Kier alpha value is -3.93. The number of hydrazine groups is 1. The van der Waals surface area contributed by atoms with Gasteiger partial charge in [0.1, 0.15) is 18.7 Å². The fraction of sp³-hybridized carbons (Fsp3) is 0.594. The lowest BCUT2D eigenvalue weighted by Gasteiger charge is -2.33. The summed E-state index contributed by atoms with van der Waals surface area (Å²) in [4.78, 5) is 63.8. The van der Waals surface area contributed by atoms with E-state index in [-0.39, 0.29) is 25.5 Å². The summed E-state index contributed by atoms with van der Waals surface area (Å²) >= 11 is 0. The molecule has 0 unspecified atom stereocenters. The van der Waals surface area contributed by atoms with E-state index >= 15 is 0 Å². The zero-order valence-electron chi connectivity index (χ0n) is 26.9. The number of alkyl carbamates (subject to hydrolysis) is 1. The molecule has 5 amide bonds. The van der Waals surface area contributed by atoms with Gasteiger partial charge in [-0.05, 0) is 58.6 Å². The molecule has 12 heteroatoms. The molecule has 0 aromatic carbocycles. The number of primary amides is 1. The van der Waals surface area contributed by atoms with Crippen molar-refractivity contribution < 1.29 is 33.4 Å². The topological polar surface area (TPSA) is 169 Å². The number of ether oxygens (including phenoxy) is 2. The molecular weight excluding hydrogens is 566 g/mol. The quantitative estimate of drug-likeness (QED) is 0.117. The largest absolute Gasteiger partial charge is 0.445 e. The van der Waals surface area contributed by atoms with Gasteiger partial charge in [0.15, 0.2) is 0 Å². The van der Waals surface area contributed by atoms with Crippen molar-refractivity contribution in [1.82, 2.24) is 21.1 Å². The van der Waals surface area contributed by atoms with E-state index < -0.39 is 53.5 Å². The first-order chi connectivity index (χ1) is 20.7. The van der Waals surface area contributed by atoms with Crippen LogP contribution in [0.3, 0.4) is 0 Å². The first kappa shape index (κ1) is 38.1. The van der Waals surface area contributed by atoms with Crippen LogP contribution >= 0.6 is 0 Å². The Bertz CT molecular complexity index is 1070. The highest BCUT2D eigenvalue weighted by molar-refractivity contribution is 5.94. The molecule has 0 aromatic heterocycles. The van der Waals surface area contributed by atoms with E-state index in [4.69, 9.17) is 15.2 Å². The number of allylic oxidation sites excluding steroid dienone is 4. The van der Waals surface area contributed by atoms with Gasteiger partial charge in [-0.15, -0.1) is 0 Å². The van der Waals surface area contributed by atoms with Gasteiger partial charge in [-0.3, -0.25) is 24.6 Å². The zero-order chi connectivity index (χ0) is 33.3. The van der Waals surface area contributed by atoms with E-state index in [9.17, 15) is 24.0 Å². The number of amides is 5. The molecule has 0 aromatic rings. The molecule has 1 saturated carbocycles. The molecule has 0 spiro atoms. The Morgan fingerprint density at radius 1 is 1.02 bits per heavy atom. The molecule has 1 aliphatic carbocycles. The van der Waals surface area contributed by atoms with Gasteiger partial charge in [0.05, 0.1) is 18.2 Å². The molecule has 5 N–H and O–H groups in total. The molecule has 1 fully saturated rings. The maximum absolute atomic E-state index is 13.7. The van der Waals surface area contributed by atoms with E-state index in [2.05, 4.69) is 29.2 Å². The Balaban J connectivity index is 3.21. The summed E-state index contributed by atoms with van der Waals surface area (Å²) < 4.78 is 11.3. The van der Waals surface area contributed by atoms with E-state index in [0.717, 1.165) is 48.8 Å². The van der Waals surface area contributed by atoms with Gasteiger partial charge in [0.2, 0.25) is 11.8 Å². The van der Waals surface area contributed by atoms with Crippen LogP contribution in [0.1, 0.15) is 79.6 Å². The number of hydrogen-bond acceptors (Lipinski definition) is 7. The highest BCUT2D eigenvalue weighted by Gasteiger charge is 2.35. The third kappa shape index (κ3) is 15.5. The highest BCUT2D eigenvalue weighted by Crippen LogP contribution is 2.27. The maximum atomic E-state index is 13.7. The monoisotopic (exact) mass is 617 g/mol. The van der Waals surface area contributed by atoms with Crippen LogP contribution in [0, 0.1) is 5.92 Å². The first-order valence-electron chi connectivity index (χ1n) is 15.1. The number of hydrogen-bond donors (Lipinski definition) is 4. The number of carbonyl (C=O) groups is 5. The van der Waals surface area contributed by atoms with Gasteiger partial charge in [-0.2, -0.15) is 0 Å². The Morgan fingerprint density at radius 2 is 1.68 bits per heavy atom. The lowest BCUT2D eigenvalue weighted by Crippen LogP contribution is -2.60. The summed E-state index contributed by atoms with van der Waals surface area (Å²) in [5, 5.41) is 6.31. The van der Waals surface area contributed by atoms with E-state index in [1.807, 2.05) is 20.8 Å². The van der Waals surface area contributed by atoms with E-state index in [1.165, 1.54) is 0 Å². The summed E-state index contributed by atoms with van der Waals surface area (Å²) in [5.41, 5.74) is 7.86. The number of rotatable bonds is 16. The summed E-state index contributed by atoms with van der Waals surface area (Å²) in [6.07, 6.45) is 11.3. The molecule has 44 heavy (non-hydrogen) atoms. The Morgan fingerprint density at radius 3 is 2.25 bits per heavy atom. The van der Waals surface area contributed by atoms with Crippen molar-refractivity contribution in [2.24, 2.45) is 11.7 Å². The van der Waals surface area contributed by atoms with Crippen molar-refractivity contribution in [1.29, 1.82) is 0 Å². The number of nitrogens with one attached hydrogen (secondary N) is 3. The Kier molecular flexibility index (Phi) is 16.8. The number of carbonyl (C=O) groups excluding carboxylic acids is 5. The molecule has 0 bridgehead atoms. The normalized spacial score (nSPS) is 16.2. The molecule has 246 valence electrons. The molecule has 12 nitrogen and oxygen atoms in total. The van der Waals surface area contributed by atoms with Crippen LogP contribution < -0.4 is 21.8 Å². The van der Waals surface area contributed by atoms with Gasteiger partial charge < -0.3 is 25.8 Å². The van der Waals surface area contributed by atoms with Crippen LogP contribution in [0.4, 0.5) is 4.79 Å². The summed E-state index contributed by atoms with van der Waals surface area (Å²) in [6.45, 7) is 15.7. The van der Waals surface area contributed by atoms with Gasteiger partial charge in [-0.1, -0.05) is 69.6 Å². The Labute approximate surface area is 261 Å². The minimum atomic E-state index is -1.21. The molecule has 3 atom stereocenters. The third-order valence-corrected chi connectivity index (χ3v) is 6.82. The van der Waals surface area contributed by atoms with Crippen molar-refractivity contribution in [3.8, 4) is 0 Å². The molecule has 1 rings (SSSR count). The average molecular weight is 618 g/mol.